The van der Waals surface area contributed by atoms with Gasteiger partial charge in [0.25, 0.3) is 0 Å². The summed E-state index contributed by atoms with van der Waals surface area (Å²) in [4.78, 5) is 20.9. The highest BCUT2D eigenvalue weighted by Crippen LogP contribution is 2.37. The highest BCUT2D eigenvalue weighted by atomic mass is 35.5. The number of ether oxygens (including phenoxy) is 1. The number of carbonyl (C=O) groups is 1. The van der Waals surface area contributed by atoms with Crippen molar-refractivity contribution in [1.29, 1.82) is 0 Å². The SMILES string of the molecule is COC(=O)c1cc(Cl)cc2cnn(Cc3cnc(C4CC4)nc3)c12. The molecule has 0 bridgehead atoms. The lowest BCUT2D eigenvalue weighted by molar-refractivity contribution is 0.0602. The molecule has 0 aliphatic heterocycles. The van der Waals surface area contributed by atoms with Crippen LogP contribution in [-0.2, 0) is 11.3 Å². The summed E-state index contributed by atoms with van der Waals surface area (Å²) in [5.41, 5.74) is 2.01. The fraction of sp³-hybridized carbons (Fsp3) is 0.294. The molecule has 24 heavy (non-hydrogen) atoms. The maximum absolute atomic E-state index is 12.1. The zero-order valence-corrected chi connectivity index (χ0v) is 13.8. The number of hydrogen-bond donors (Lipinski definition) is 0. The van der Waals surface area contributed by atoms with Crippen molar-refractivity contribution in [2.75, 3.05) is 7.11 Å². The quantitative estimate of drug-likeness (QED) is 0.681. The number of carbonyl (C=O) groups excluding carboxylic acids is 1. The topological polar surface area (TPSA) is 69.9 Å². The normalized spacial score (nSPS) is 14.1. The molecule has 1 fully saturated rings. The van der Waals surface area contributed by atoms with Crippen molar-refractivity contribution >= 4 is 28.5 Å². The van der Waals surface area contributed by atoms with Crippen molar-refractivity contribution < 1.29 is 9.53 Å². The molecule has 0 unspecified atom stereocenters. The van der Waals surface area contributed by atoms with Crippen LogP contribution in [0, 0.1) is 0 Å². The van der Waals surface area contributed by atoms with Gasteiger partial charge in [-0.3, -0.25) is 4.68 Å². The van der Waals surface area contributed by atoms with E-state index in [1.807, 2.05) is 12.4 Å². The van der Waals surface area contributed by atoms with Crippen LogP contribution in [-0.4, -0.2) is 32.8 Å². The molecule has 0 spiro atoms. The Hall–Kier alpha value is -2.47. The molecule has 6 nitrogen and oxygen atoms in total. The van der Waals surface area contributed by atoms with E-state index in [-0.39, 0.29) is 0 Å². The Balaban J connectivity index is 1.72. The van der Waals surface area contributed by atoms with E-state index in [4.69, 9.17) is 16.3 Å². The minimum absolute atomic E-state index is 0.396. The van der Waals surface area contributed by atoms with Gasteiger partial charge in [0.2, 0.25) is 0 Å². The summed E-state index contributed by atoms with van der Waals surface area (Å²) >= 11 is 6.08. The first-order valence-corrected chi connectivity index (χ1v) is 8.07. The molecule has 0 N–H and O–H groups in total. The molecule has 122 valence electrons. The average molecular weight is 343 g/mol. The number of hydrogen-bond acceptors (Lipinski definition) is 5. The first-order chi connectivity index (χ1) is 11.7. The Bertz CT molecular complexity index is 916. The number of aromatic nitrogens is 4. The maximum Gasteiger partial charge on any atom is 0.340 e. The monoisotopic (exact) mass is 342 g/mol. The van der Waals surface area contributed by atoms with Gasteiger partial charge in [-0.15, -0.1) is 0 Å². The summed E-state index contributed by atoms with van der Waals surface area (Å²) in [6.07, 6.45) is 7.68. The molecule has 2 heterocycles. The van der Waals surface area contributed by atoms with E-state index in [1.165, 1.54) is 20.0 Å². The van der Waals surface area contributed by atoms with E-state index in [0.29, 0.717) is 28.6 Å². The lowest BCUT2D eigenvalue weighted by Gasteiger charge is -2.08. The maximum atomic E-state index is 12.1. The molecule has 7 heteroatoms. The van der Waals surface area contributed by atoms with Crippen LogP contribution in [0.4, 0.5) is 0 Å². The lowest BCUT2D eigenvalue weighted by Crippen LogP contribution is -2.08. The molecule has 0 saturated heterocycles. The lowest BCUT2D eigenvalue weighted by atomic mass is 10.1. The second-order valence-corrected chi connectivity index (χ2v) is 6.35. The predicted molar refractivity (Wildman–Crippen MR) is 89.2 cm³/mol. The predicted octanol–water partition coefficient (Wildman–Crippen LogP) is 3.19. The van der Waals surface area contributed by atoms with Gasteiger partial charge in [-0.05, 0) is 25.0 Å². The smallest absolute Gasteiger partial charge is 0.340 e. The summed E-state index contributed by atoms with van der Waals surface area (Å²) in [5.74, 6) is 0.994. The molecule has 1 aromatic carbocycles. The van der Waals surface area contributed by atoms with Crippen LogP contribution in [0.1, 0.15) is 40.5 Å². The zero-order valence-electron chi connectivity index (χ0n) is 13.1. The molecule has 3 aromatic rings. The van der Waals surface area contributed by atoms with Crippen LogP contribution in [0.3, 0.4) is 0 Å². The number of halogens is 1. The molecule has 1 aliphatic carbocycles. The molecular weight excluding hydrogens is 328 g/mol. The standard InChI is InChI=1S/C17H15ClN4O2/c1-24-17(23)14-5-13(18)4-12-8-21-22(15(12)14)9-10-6-19-16(20-7-10)11-2-3-11/h4-8,11H,2-3,9H2,1H3. The number of methoxy groups -OCH3 is 1. The van der Waals surface area contributed by atoms with E-state index in [1.54, 1.807) is 23.0 Å². The first kappa shape index (κ1) is 15.1. The third-order valence-electron chi connectivity index (χ3n) is 4.10. The minimum atomic E-state index is -0.440. The molecule has 1 aliphatic rings. The van der Waals surface area contributed by atoms with Crippen LogP contribution in [0.5, 0.6) is 0 Å². The Morgan fingerprint density at radius 2 is 2.04 bits per heavy atom. The van der Waals surface area contributed by atoms with Crippen molar-refractivity contribution in [2.45, 2.75) is 25.3 Å². The molecule has 1 saturated carbocycles. The van der Waals surface area contributed by atoms with Crippen molar-refractivity contribution in [2.24, 2.45) is 0 Å². The van der Waals surface area contributed by atoms with E-state index >= 15 is 0 Å². The second-order valence-electron chi connectivity index (χ2n) is 5.91. The Kier molecular flexibility index (Phi) is 3.69. The number of esters is 1. The number of rotatable bonds is 4. The number of benzene rings is 1. The van der Waals surface area contributed by atoms with Crippen LogP contribution in [0.15, 0.2) is 30.7 Å². The summed E-state index contributed by atoms with van der Waals surface area (Å²) in [5, 5.41) is 5.64. The number of fused-ring (bicyclic) bond motifs is 1. The van der Waals surface area contributed by atoms with Crippen LogP contribution >= 0.6 is 11.6 Å². The Labute approximate surface area is 143 Å². The van der Waals surface area contributed by atoms with Gasteiger partial charge >= 0.3 is 5.97 Å². The van der Waals surface area contributed by atoms with Crippen molar-refractivity contribution in [3.8, 4) is 0 Å². The van der Waals surface area contributed by atoms with Gasteiger partial charge in [0.05, 0.1) is 30.9 Å². The van der Waals surface area contributed by atoms with E-state index in [9.17, 15) is 4.79 Å². The summed E-state index contributed by atoms with van der Waals surface area (Å²) < 4.78 is 6.60. The summed E-state index contributed by atoms with van der Waals surface area (Å²) in [6.45, 7) is 0.472. The van der Waals surface area contributed by atoms with Crippen molar-refractivity contribution in [3.63, 3.8) is 0 Å². The van der Waals surface area contributed by atoms with Gasteiger partial charge < -0.3 is 4.74 Å². The van der Waals surface area contributed by atoms with Crippen LogP contribution in [0.25, 0.3) is 10.9 Å². The highest BCUT2D eigenvalue weighted by molar-refractivity contribution is 6.32. The second kappa shape index (κ2) is 5.87. The van der Waals surface area contributed by atoms with E-state index in [2.05, 4.69) is 15.1 Å². The van der Waals surface area contributed by atoms with Crippen LogP contribution < -0.4 is 0 Å². The van der Waals surface area contributed by atoms with E-state index < -0.39 is 5.97 Å². The van der Waals surface area contributed by atoms with Gasteiger partial charge in [-0.25, -0.2) is 14.8 Å². The number of nitrogens with zero attached hydrogens (tertiary/aromatic N) is 4. The fourth-order valence-electron chi connectivity index (χ4n) is 2.75. The third kappa shape index (κ3) is 2.73. The molecule has 0 atom stereocenters. The molecule has 4 rings (SSSR count). The van der Waals surface area contributed by atoms with Crippen molar-refractivity contribution in [1.82, 2.24) is 19.7 Å². The van der Waals surface area contributed by atoms with Gasteiger partial charge in [0, 0.05) is 34.3 Å². The first-order valence-electron chi connectivity index (χ1n) is 7.70. The third-order valence-corrected chi connectivity index (χ3v) is 4.32. The van der Waals surface area contributed by atoms with Gasteiger partial charge in [0.1, 0.15) is 5.82 Å². The Morgan fingerprint density at radius 1 is 1.29 bits per heavy atom. The van der Waals surface area contributed by atoms with E-state index in [0.717, 1.165) is 16.8 Å². The molecule has 2 aromatic heterocycles. The van der Waals surface area contributed by atoms with Gasteiger partial charge in [-0.2, -0.15) is 5.10 Å². The largest absolute Gasteiger partial charge is 0.465 e. The van der Waals surface area contributed by atoms with Gasteiger partial charge in [-0.1, -0.05) is 11.6 Å². The van der Waals surface area contributed by atoms with Crippen LogP contribution in [0.2, 0.25) is 5.02 Å². The molecule has 0 amide bonds. The Morgan fingerprint density at radius 3 is 2.71 bits per heavy atom. The summed E-state index contributed by atoms with van der Waals surface area (Å²) in [6, 6.07) is 3.38. The minimum Gasteiger partial charge on any atom is -0.465 e. The summed E-state index contributed by atoms with van der Waals surface area (Å²) in [7, 11) is 1.35. The van der Waals surface area contributed by atoms with Gasteiger partial charge in [0.15, 0.2) is 0 Å². The molecule has 0 radical (unpaired) electrons. The fourth-order valence-corrected chi connectivity index (χ4v) is 2.98. The van der Waals surface area contributed by atoms with Crippen molar-refractivity contribution in [3.05, 3.63) is 52.7 Å². The highest BCUT2D eigenvalue weighted by Gasteiger charge is 2.26. The molecular formula is C17H15ClN4O2. The zero-order chi connectivity index (χ0) is 16.7. The average Bonchev–Trinajstić information content (AvgIpc) is 3.37.